The van der Waals surface area contributed by atoms with Crippen molar-refractivity contribution in [3.8, 4) is 0 Å². The van der Waals surface area contributed by atoms with Crippen molar-refractivity contribution >= 4 is 17.7 Å². The first kappa shape index (κ1) is 22.3. The standard InChI is InChI=1S/C23H30O7/c1-13-5-6-18-17(12-29-14(2)24)22(30-15(3)25)21(27)10-23(18,4)19(13)9-20(26)16-7-8-28-11-16/h7-8,11,17-19,21-22,27H,1,5-6,9-10,12H2,2-4H3/t17-,18+,19+,21+,22-,23+/m0/s1. The number of ether oxygens (including phenoxy) is 2. The zero-order valence-electron chi connectivity index (χ0n) is 17.8. The third-order valence-corrected chi connectivity index (χ3v) is 6.89. The van der Waals surface area contributed by atoms with Crippen LogP contribution in [0.4, 0.5) is 0 Å². The van der Waals surface area contributed by atoms with Gasteiger partial charge in [0.25, 0.3) is 0 Å². The number of aliphatic hydroxyl groups is 1. The van der Waals surface area contributed by atoms with Gasteiger partial charge in [0.2, 0.25) is 0 Å². The van der Waals surface area contributed by atoms with Crippen molar-refractivity contribution in [3.63, 3.8) is 0 Å². The molecule has 1 N–H and O–H groups in total. The first-order valence-electron chi connectivity index (χ1n) is 10.3. The molecule has 0 bridgehead atoms. The van der Waals surface area contributed by atoms with Gasteiger partial charge in [0.15, 0.2) is 5.78 Å². The van der Waals surface area contributed by atoms with Crippen molar-refractivity contribution in [3.05, 3.63) is 36.3 Å². The van der Waals surface area contributed by atoms with Crippen molar-refractivity contribution in [2.75, 3.05) is 6.61 Å². The van der Waals surface area contributed by atoms with Crippen LogP contribution in [0.1, 0.15) is 56.8 Å². The van der Waals surface area contributed by atoms with E-state index in [2.05, 4.69) is 13.5 Å². The first-order chi connectivity index (χ1) is 14.1. The van der Waals surface area contributed by atoms with E-state index in [1.807, 2.05) is 0 Å². The smallest absolute Gasteiger partial charge is 0.303 e. The molecule has 7 heteroatoms. The molecule has 1 aromatic rings. The average Bonchev–Trinajstić information content (AvgIpc) is 3.19. The zero-order chi connectivity index (χ0) is 22.1. The highest BCUT2D eigenvalue weighted by Crippen LogP contribution is 2.58. The number of hydrogen-bond donors (Lipinski definition) is 1. The number of rotatable bonds is 6. The summed E-state index contributed by atoms with van der Waals surface area (Å²) in [6.07, 6.45) is 3.35. The monoisotopic (exact) mass is 418 g/mol. The summed E-state index contributed by atoms with van der Waals surface area (Å²) in [6.45, 7) is 8.98. The third kappa shape index (κ3) is 4.36. The van der Waals surface area contributed by atoms with Crippen LogP contribution in [0.25, 0.3) is 0 Å². The van der Waals surface area contributed by atoms with Gasteiger partial charge in [-0.1, -0.05) is 19.1 Å². The van der Waals surface area contributed by atoms with Crippen molar-refractivity contribution in [1.29, 1.82) is 0 Å². The minimum absolute atomic E-state index is 0.00255. The van der Waals surface area contributed by atoms with Crippen molar-refractivity contribution in [2.45, 2.75) is 58.7 Å². The van der Waals surface area contributed by atoms with Crippen LogP contribution < -0.4 is 0 Å². The molecule has 2 saturated carbocycles. The second-order valence-electron chi connectivity index (χ2n) is 8.81. The summed E-state index contributed by atoms with van der Waals surface area (Å²) < 4.78 is 15.8. The molecule has 2 fully saturated rings. The summed E-state index contributed by atoms with van der Waals surface area (Å²) in [7, 11) is 0. The van der Waals surface area contributed by atoms with Crippen LogP contribution in [-0.4, -0.2) is 41.6 Å². The molecular weight excluding hydrogens is 388 g/mol. The molecule has 0 aromatic carbocycles. The molecule has 164 valence electrons. The van der Waals surface area contributed by atoms with Gasteiger partial charge in [-0.25, -0.2) is 0 Å². The summed E-state index contributed by atoms with van der Waals surface area (Å²) in [5.74, 6) is -1.45. The summed E-state index contributed by atoms with van der Waals surface area (Å²) in [6, 6.07) is 1.64. The van der Waals surface area contributed by atoms with Gasteiger partial charge in [-0.2, -0.15) is 0 Å². The number of hydrogen-bond acceptors (Lipinski definition) is 7. The van der Waals surface area contributed by atoms with Crippen molar-refractivity contribution < 1.29 is 33.4 Å². The Hall–Kier alpha value is -2.41. The third-order valence-electron chi connectivity index (χ3n) is 6.89. The Morgan fingerprint density at radius 1 is 1.30 bits per heavy atom. The fourth-order valence-electron chi connectivity index (χ4n) is 5.53. The lowest BCUT2D eigenvalue weighted by Crippen LogP contribution is -2.58. The lowest BCUT2D eigenvalue weighted by atomic mass is 9.49. The van der Waals surface area contributed by atoms with Gasteiger partial charge < -0.3 is 19.0 Å². The van der Waals surface area contributed by atoms with Gasteiger partial charge in [0.05, 0.1) is 24.5 Å². The van der Waals surface area contributed by atoms with E-state index >= 15 is 0 Å². The predicted molar refractivity (Wildman–Crippen MR) is 107 cm³/mol. The van der Waals surface area contributed by atoms with Gasteiger partial charge in [-0.3, -0.25) is 14.4 Å². The first-order valence-corrected chi connectivity index (χ1v) is 10.3. The Bertz CT molecular complexity index is 812. The van der Waals surface area contributed by atoms with E-state index in [1.54, 1.807) is 6.07 Å². The second kappa shape index (κ2) is 8.76. The fraction of sp³-hybridized carbons (Fsp3) is 0.609. The second-order valence-corrected chi connectivity index (χ2v) is 8.81. The zero-order valence-corrected chi connectivity index (χ0v) is 17.8. The summed E-state index contributed by atoms with van der Waals surface area (Å²) in [5, 5.41) is 10.9. The molecule has 3 rings (SSSR count). The van der Waals surface area contributed by atoms with Gasteiger partial charge in [0, 0.05) is 26.2 Å². The normalized spacial score (nSPS) is 33.5. The predicted octanol–water partition coefficient (Wildman–Crippen LogP) is 3.32. The fourth-order valence-corrected chi connectivity index (χ4v) is 5.53. The number of fused-ring (bicyclic) bond motifs is 1. The van der Waals surface area contributed by atoms with Crippen LogP contribution in [0.15, 0.2) is 35.2 Å². The number of aliphatic hydroxyl groups excluding tert-OH is 1. The van der Waals surface area contributed by atoms with E-state index in [9.17, 15) is 19.5 Å². The maximum Gasteiger partial charge on any atom is 0.303 e. The highest BCUT2D eigenvalue weighted by Gasteiger charge is 2.57. The van der Waals surface area contributed by atoms with Crippen LogP contribution in [0, 0.1) is 23.2 Å². The maximum absolute atomic E-state index is 12.8. The van der Waals surface area contributed by atoms with Crippen molar-refractivity contribution in [2.24, 2.45) is 23.2 Å². The van der Waals surface area contributed by atoms with E-state index < -0.39 is 29.6 Å². The maximum atomic E-state index is 12.8. The minimum Gasteiger partial charge on any atom is -0.472 e. The number of ketones is 1. The van der Waals surface area contributed by atoms with Crippen LogP contribution in [0.2, 0.25) is 0 Å². The Labute approximate surface area is 176 Å². The Kier molecular flexibility index (Phi) is 6.50. The van der Waals surface area contributed by atoms with Crippen LogP contribution >= 0.6 is 0 Å². The molecule has 1 aromatic heterocycles. The van der Waals surface area contributed by atoms with E-state index in [0.29, 0.717) is 12.0 Å². The van der Waals surface area contributed by atoms with E-state index in [0.717, 1.165) is 18.4 Å². The Morgan fingerprint density at radius 3 is 2.63 bits per heavy atom. The lowest BCUT2D eigenvalue weighted by Gasteiger charge is -2.57. The molecule has 1 heterocycles. The Morgan fingerprint density at radius 2 is 2.03 bits per heavy atom. The summed E-state index contributed by atoms with van der Waals surface area (Å²) in [4.78, 5) is 36.0. The van der Waals surface area contributed by atoms with E-state index in [4.69, 9.17) is 13.9 Å². The number of carbonyl (C=O) groups is 3. The number of furan rings is 1. The molecule has 7 nitrogen and oxygen atoms in total. The van der Waals surface area contributed by atoms with Gasteiger partial charge in [0.1, 0.15) is 12.4 Å². The van der Waals surface area contributed by atoms with Crippen LogP contribution in [-0.2, 0) is 19.1 Å². The number of Topliss-reactive ketones (excluding diaryl/α,β-unsaturated/α-hetero) is 1. The molecule has 0 aliphatic heterocycles. The van der Waals surface area contributed by atoms with Gasteiger partial charge >= 0.3 is 11.9 Å². The molecule has 0 radical (unpaired) electrons. The molecular formula is C23H30O7. The minimum atomic E-state index is -0.923. The lowest BCUT2D eigenvalue weighted by molar-refractivity contribution is -0.190. The molecule has 0 amide bonds. The number of carbonyl (C=O) groups excluding carboxylic acids is 3. The van der Waals surface area contributed by atoms with Crippen molar-refractivity contribution in [1.82, 2.24) is 0 Å². The highest BCUT2D eigenvalue weighted by atomic mass is 16.6. The highest BCUT2D eigenvalue weighted by molar-refractivity contribution is 5.96. The van der Waals surface area contributed by atoms with Gasteiger partial charge in [-0.05, 0) is 42.6 Å². The van der Waals surface area contributed by atoms with E-state index in [1.165, 1.54) is 26.4 Å². The molecule has 2 aliphatic carbocycles. The quantitative estimate of drug-likeness (QED) is 0.429. The number of allylic oxidation sites excluding steroid dienone is 1. The molecule has 0 unspecified atom stereocenters. The largest absolute Gasteiger partial charge is 0.472 e. The summed E-state index contributed by atoms with van der Waals surface area (Å²) >= 11 is 0. The molecule has 30 heavy (non-hydrogen) atoms. The van der Waals surface area contributed by atoms with Crippen LogP contribution in [0.5, 0.6) is 0 Å². The summed E-state index contributed by atoms with van der Waals surface area (Å²) in [5.41, 5.74) is 1.05. The topological polar surface area (TPSA) is 103 Å². The SMILES string of the molecule is C=C1CC[C@@H]2[C@H](COC(C)=O)[C@H](OC(C)=O)[C@H](O)C[C@@]2(C)[C@@H]1CC(=O)c1ccoc1. The molecule has 6 atom stereocenters. The molecule has 0 saturated heterocycles. The average molecular weight is 418 g/mol. The van der Waals surface area contributed by atoms with Crippen LogP contribution in [0.3, 0.4) is 0 Å². The Balaban J connectivity index is 1.91. The molecule has 0 spiro atoms. The molecule has 2 aliphatic rings. The van der Waals surface area contributed by atoms with Gasteiger partial charge in [-0.15, -0.1) is 0 Å². The number of esters is 2. The van der Waals surface area contributed by atoms with E-state index in [-0.39, 0.29) is 36.6 Å².